The van der Waals surface area contributed by atoms with E-state index in [0.29, 0.717) is 93.3 Å². The summed E-state index contributed by atoms with van der Waals surface area (Å²) in [5, 5.41) is -1.33. The molecule has 4 heterocycles. The average Bonchev–Trinajstić information content (AvgIpc) is 2.63. The number of hydrogen-bond donors (Lipinski definition) is 0. The molecule has 0 N–H and O–H groups in total. The number of anilines is 5. The molecule has 0 bridgehead atoms. The fourth-order valence-corrected chi connectivity index (χ4v) is 15.3. The van der Waals surface area contributed by atoms with E-state index in [2.05, 4.69) is 63.9 Å². The van der Waals surface area contributed by atoms with Gasteiger partial charge in [0.25, 0.3) is 21.9 Å². The number of amides is 2. The van der Waals surface area contributed by atoms with E-state index in [1.54, 1.807) is 38.0 Å². The molecule has 450 valence electrons. The van der Waals surface area contributed by atoms with Crippen LogP contribution >= 0.6 is 21.6 Å². The topological polar surface area (TPSA) is 179 Å². The van der Waals surface area contributed by atoms with E-state index in [1.807, 2.05) is 85.4 Å². The number of nitrogens with zero attached hydrogens (tertiary/aromatic N) is 6. The number of para-hydroxylation sites is 2. The summed E-state index contributed by atoms with van der Waals surface area (Å²) in [6.45, 7) is 12.4. The Bertz CT molecular complexity index is 3330. The quantitative estimate of drug-likeness (QED) is 0.0191. The predicted octanol–water partition coefficient (Wildman–Crippen LogP) is 9.24. The number of methoxy groups -OCH3 is 2. The number of ketones is 1. The van der Waals surface area contributed by atoms with Gasteiger partial charge >= 0.3 is 0 Å². The van der Waals surface area contributed by atoms with Crippen molar-refractivity contribution in [2.75, 3.05) is 131 Å². The number of hydrogen-bond acceptors (Lipinski definition) is 18. The van der Waals surface area contributed by atoms with Gasteiger partial charge in [0.1, 0.15) is 24.2 Å². The van der Waals surface area contributed by atoms with Crippen LogP contribution in [0.25, 0.3) is 0 Å². The molecule has 1 unspecified atom stereocenters. The molecule has 0 saturated carbocycles. The van der Waals surface area contributed by atoms with Crippen molar-refractivity contribution in [1.29, 1.82) is 0 Å². The Morgan fingerprint density at radius 1 is 0.738 bits per heavy atom. The minimum absolute atomic E-state index is 0.00337. The molecule has 84 heavy (non-hydrogen) atoms. The van der Waals surface area contributed by atoms with Gasteiger partial charge in [0.2, 0.25) is 0 Å². The number of benzene rings is 5. The van der Waals surface area contributed by atoms with Crippen molar-refractivity contribution in [3.63, 3.8) is 0 Å². The highest BCUT2D eigenvalue weighted by atomic mass is 33.1. The smallest absolute Gasteiger partial charge is 0.277 e. The lowest BCUT2D eigenvalue weighted by molar-refractivity contribution is -0.117. The lowest BCUT2D eigenvalue weighted by Gasteiger charge is -2.34. The van der Waals surface area contributed by atoms with E-state index in [1.165, 1.54) is 22.6 Å². The third-order valence-corrected chi connectivity index (χ3v) is 20.6. The zero-order valence-electron chi connectivity index (χ0n) is 49.6. The highest BCUT2D eigenvalue weighted by Gasteiger charge is 2.41. The Morgan fingerprint density at radius 3 is 1.88 bits per heavy atom. The number of rotatable bonds is 29. The van der Waals surface area contributed by atoms with Gasteiger partial charge in [0.15, 0.2) is 17.3 Å². The van der Waals surface area contributed by atoms with Crippen molar-refractivity contribution < 1.29 is 55.4 Å². The number of aliphatic imine (C=N–C) groups is 1. The molecule has 0 aromatic heterocycles. The van der Waals surface area contributed by atoms with E-state index in [9.17, 15) is 22.8 Å². The predicted molar refractivity (Wildman–Crippen MR) is 336 cm³/mol. The van der Waals surface area contributed by atoms with Crippen molar-refractivity contribution in [2.45, 2.75) is 82.3 Å². The van der Waals surface area contributed by atoms with Gasteiger partial charge in [-0.1, -0.05) is 58.0 Å². The normalized spacial score (nSPS) is 16.8. The van der Waals surface area contributed by atoms with Gasteiger partial charge < -0.3 is 52.9 Å². The molecule has 5 aromatic carbocycles. The minimum atomic E-state index is -4.13. The maximum atomic E-state index is 14.5. The molecule has 0 fully saturated rings. The van der Waals surface area contributed by atoms with Crippen LogP contribution < -0.4 is 38.7 Å². The summed E-state index contributed by atoms with van der Waals surface area (Å²) in [7, 11) is 7.30. The molecular formula is C63H78N6O12S3. The maximum absolute atomic E-state index is 14.5. The van der Waals surface area contributed by atoms with Gasteiger partial charge in [-0.25, -0.2) is 0 Å². The third-order valence-electron chi connectivity index (χ3n) is 15.6. The first-order chi connectivity index (χ1) is 40.4. The summed E-state index contributed by atoms with van der Waals surface area (Å²) in [6.07, 6.45) is 3.10. The summed E-state index contributed by atoms with van der Waals surface area (Å²) >= 11 is 0. The monoisotopic (exact) mass is 1210 g/mol. The molecule has 0 aliphatic carbocycles. The summed E-state index contributed by atoms with van der Waals surface area (Å²) in [5.41, 5.74) is 10.4. The van der Waals surface area contributed by atoms with Crippen LogP contribution in [-0.4, -0.2) is 161 Å². The largest absolute Gasteiger partial charge is 0.493 e. The highest BCUT2D eigenvalue weighted by Crippen LogP contribution is 2.44. The second kappa shape index (κ2) is 27.8. The standard InChI is InChI=1S/C63H78N6O12S3/c1-10-64-36-56(70)60(84(73,74)77-9)19-26-82-83-63(3,4)41-67(20-21-78-24-25-79-23-22-75-7)47-29-43(39-80-57-34-54-50(27-42(57)2)61(71)68-48(37-65(54)5)31-45-15-11-13-17-52(45)68)28-44(30-47)40-81-59-35-55-51(33-58(59)76-8)62(72)69-49(38-66(55)6)32-46-16-12-14-18-53(46)69/h10-18,27-30,33-35,48-49,60H,19-26,31-32,36-41H2,1-9H3/t48-,49-,60?/m0/s1. The van der Waals surface area contributed by atoms with Gasteiger partial charge in [-0.3, -0.25) is 23.6 Å². The second-order valence-corrected chi connectivity index (χ2v) is 27.1. The van der Waals surface area contributed by atoms with Crippen molar-refractivity contribution in [3.05, 3.63) is 130 Å². The zero-order valence-corrected chi connectivity index (χ0v) is 52.0. The number of carbonyl (C=O) groups is 3. The van der Waals surface area contributed by atoms with Crippen LogP contribution in [0.3, 0.4) is 0 Å². The summed E-state index contributed by atoms with van der Waals surface area (Å²) in [4.78, 5) is 56.3. The van der Waals surface area contributed by atoms with E-state index in [0.717, 1.165) is 70.6 Å². The molecule has 4 aliphatic heterocycles. The van der Waals surface area contributed by atoms with Crippen LogP contribution in [0.5, 0.6) is 17.2 Å². The number of Topliss-reactive ketones (excluding diaryl/α,β-unsaturated/α-hetero) is 1. The lowest BCUT2D eigenvalue weighted by atomic mass is 10.1. The second-order valence-electron chi connectivity index (χ2n) is 22.1. The fraction of sp³-hybridized carbons (Fsp3) is 0.460. The molecule has 0 radical (unpaired) electrons. The van der Waals surface area contributed by atoms with Crippen molar-refractivity contribution >= 4 is 84.0 Å². The Kier molecular flexibility index (Phi) is 20.6. The maximum Gasteiger partial charge on any atom is 0.277 e. The van der Waals surface area contributed by atoms with Crippen molar-refractivity contribution in [1.82, 2.24) is 0 Å². The summed E-state index contributed by atoms with van der Waals surface area (Å²) < 4.78 is 66.7. The van der Waals surface area contributed by atoms with Crippen LogP contribution in [0.15, 0.2) is 96.0 Å². The first kappa shape index (κ1) is 62.2. The highest BCUT2D eigenvalue weighted by molar-refractivity contribution is 8.77. The van der Waals surface area contributed by atoms with Crippen molar-refractivity contribution in [3.8, 4) is 17.2 Å². The molecule has 4 aliphatic rings. The molecule has 0 saturated heterocycles. The molecule has 5 aromatic rings. The van der Waals surface area contributed by atoms with Gasteiger partial charge in [0, 0.05) is 87.1 Å². The molecular weight excluding hydrogens is 1130 g/mol. The van der Waals surface area contributed by atoms with Crippen LogP contribution in [-0.2, 0) is 59.4 Å². The first-order valence-corrected chi connectivity index (χ1v) is 32.2. The summed E-state index contributed by atoms with van der Waals surface area (Å²) in [6, 6.07) is 30.1. The fourth-order valence-electron chi connectivity index (χ4n) is 11.5. The average molecular weight is 1210 g/mol. The third kappa shape index (κ3) is 14.3. The zero-order chi connectivity index (χ0) is 59.7. The minimum Gasteiger partial charge on any atom is -0.493 e. The van der Waals surface area contributed by atoms with E-state index in [4.69, 9.17) is 32.6 Å². The molecule has 3 atom stereocenters. The molecule has 9 rings (SSSR count). The van der Waals surface area contributed by atoms with Gasteiger partial charge in [-0.15, -0.1) is 0 Å². The Hall–Kier alpha value is -6.33. The molecule has 2 amide bonds. The Morgan fingerprint density at radius 2 is 1.30 bits per heavy atom. The van der Waals surface area contributed by atoms with Gasteiger partial charge in [-0.05, 0) is 123 Å². The van der Waals surface area contributed by atoms with Gasteiger partial charge in [-0.2, -0.15) is 8.42 Å². The molecule has 18 nitrogen and oxygen atoms in total. The van der Waals surface area contributed by atoms with Crippen LogP contribution in [0.1, 0.15) is 75.7 Å². The first-order valence-electron chi connectivity index (χ1n) is 28.4. The number of carbonyl (C=O) groups excluding carboxylic acids is 3. The lowest BCUT2D eigenvalue weighted by Crippen LogP contribution is -2.41. The van der Waals surface area contributed by atoms with E-state index in [-0.39, 0.29) is 50.1 Å². The summed E-state index contributed by atoms with van der Waals surface area (Å²) in [5.74, 6) is 1.31. The number of aryl methyl sites for hydroxylation is 1. The van der Waals surface area contributed by atoms with Gasteiger partial charge in [0.05, 0.1) is 88.4 Å². The SMILES string of the molecule is CC=NCC(=O)C(CCSSC(C)(C)CN(CCOCCOCCOC)c1cc(COc2cc3c(cc2C)C(=O)N2c4ccccc4C[C@H]2CN3C)cc(COc2cc3c(cc2OC)C(=O)N2c4ccccc4C[C@H]2CN3C)c1)S(=O)(=O)OC. The van der Waals surface area contributed by atoms with Crippen LogP contribution in [0, 0.1) is 6.92 Å². The van der Waals surface area contributed by atoms with E-state index >= 15 is 0 Å². The Balaban J connectivity index is 1.01. The van der Waals surface area contributed by atoms with Crippen LogP contribution in [0.4, 0.5) is 28.4 Å². The molecule has 0 spiro atoms. The molecule has 21 heteroatoms. The Labute approximate surface area is 502 Å². The number of ether oxygens (including phenoxy) is 6. The number of likely N-dealkylation sites (N-methyl/N-ethyl adjacent to an activating group) is 2. The number of fused-ring (bicyclic) bond motifs is 8. The van der Waals surface area contributed by atoms with Crippen molar-refractivity contribution in [2.24, 2.45) is 4.99 Å². The van der Waals surface area contributed by atoms with Crippen LogP contribution in [0.2, 0.25) is 0 Å². The van der Waals surface area contributed by atoms with E-state index < -0.39 is 25.9 Å².